The van der Waals surface area contributed by atoms with E-state index in [2.05, 4.69) is 43.4 Å². The van der Waals surface area contributed by atoms with Gasteiger partial charge in [0.2, 0.25) is 0 Å². The Kier molecular flexibility index (Phi) is 5.31. The van der Waals surface area contributed by atoms with Gasteiger partial charge >= 0.3 is 0 Å². The van der Waals surface area contributed by atoms with E-state index < -0.39 is 0 Å². The first-order valence-corrected chi connectivity index (χ1v) is 7.25. The lowest BCUT2D eigenvalue weighted by atomic mass is 10.0. The van der Waals surface area contributed by atoms with Gasteiger partial charge < -0.3 is 5.32 Å². The summed E-state index contributed by atoms with van der Waals surface area (Å²) < 4.78 is 13.1. The Hall–Kier alpha value is -1.67. The van der Waals surface area contributed by atoms with Crippen LogP contribution in [0.4, 0.5) is 4.39 Å². The topological polar surface area (TPSA) is 12.0 Å². The van der Waals surface area contributed by atoms with Crippen molar-refractivity contribution in [2.75, 3.05) is 0 Å². The predicted octanol–water partition coefficient (Wildman–Crippen LogP) is 4.63. The van der Waals surface area contributed by atoms with Crippen molar-refractivity contribution in [3.05, 3.63) is 71.0 Å². The van der Waals surface area contributed by atoms with Crippen molar-refractivity contribution in [1.29, 1.82) is 0 Å². The van der Waals surface area contributed by atoms with Crippen molar-refractivity contribution in [3.63, 3.8) is 0 Å². The summed E-state index contributed by atoms with van der Waals surface area (Å²) in [6.45, 7) is 5.00. The minimum absolute atomic E-state index is 0.180. The first-order chi connectivity index (χ1) is 9.69. The first-order valence-electron chi connectivity index (χ1n) is 7.25. The van der Waals surface area contributed by atoms with Crippen LogP contribution in [-0.2, 0) is 13.0 Å². The molecule has 0 heterocycles. The molecule has 0 saturated carbocycles. The van der Waals surface area contributed by atoms with Crippen molar-refractivity contribution in [1.82, 2.24) is 5.32 Å². The Morgan fingerprint density at radius 1 is 1.05 bits per heavy atom. The molecule has 2 aromatic carbocycles. The van der Waals surface area contributed by atoms with Crippen LogP contribution in [0.3, 0.4) is 0 Å². The van der Waals surface area contributed by atoms with Gasteiger partial charge in [-0.05, 0) is 42.2 Å². The highest BCUT2D eigenvalue weighted by Gasteiger charge is 2.05. The molecule has 1 nitrogen and oxygen atoms in total. The third-order valence-corrected chi connectivity index (χ3v) is 3.52. The average molecular weight is 271 g/mol. The standard InChI is InChI=1S/C18H22FN/c1-3-5-15-8-10-17(11-9-15)14(2)20-13-16-6-4-7-18(19)12-16/h4,6-12,14,20H,3,5,13H2,1-2H3. The van der Waals surface area contributed by atoms with Crippen molar-refractivity contribution < 1.29 is 4.39 Å². The fourth-order valence-corrected chi connectivity index (χ4v) is 2.30. The summed E-state index contributed by atoms with van der Waals surface area (Å²) in [5.74, 6) is -0.180. The lowest BCUT2D eigenvalue weighted by molar-refractivity contribution is 0.569. The molecule has 2 aromatic rings. The van der Waals surface area contributed by atoms with E-state index >= 15 is 0 Å². The lowest BCUT2D eigenvalue weighted by Crippen LogP contribution is -2.18. The fourth-order valence-electron chi connectivity index (χ4n) is 2.30. The van der Waals surface area contributed by atoms with Crippen LogP contribution in [0, 0.1) is 5.82 Å². The molecule has 0 spiro atoms. The second-order valence-electron chi connectivity index (χ2n) is 5.22. The Labute approximate surface area is 120 Å². The maximum absolute atomic E-state index is 13.1. The smallest absolute Gasteiger partial charge is 0.123 e. The summed E-state index contributed by atoms with van der Waals surface area (Å²) >= 11 is 0. The van der Waals surface area contributed by atoms with E-state index in [1.54, 1.807) is 12.1 Å². The van der Waals surface area contributed by atoms with Crippen LogP contribution >= 0.6 is 0 Å². The molecular weight excluding hydrogens is 249 g/mol. The van der Waals surface area contributed by atoms with Gasteiger partial charge in [0.1, 0.15) is 5.82 Å². The summed E-state index contributed by atoms with van der Waals surface area (Å²) in [7, 11) is 0. The Morgan fingerprint density at radius 2 is 1.80 bits per heavy atom. The second-order valence-corrected chi connectivity index (χ2v) is 5.22. The fraction of sp³-hybridized carbons (Fsp3) is 0.333. The molecule has 1 unspecified atom stereocenters. The number of hydrogen-bond donors (Lipinski definition) is 1. The summed E-state index contributed by atoms with van der Waals surface area (Å²) in [5.41, 5.74) is 3.62. The van der Waals surface area contributed by atoms with E-state index in [9.17, 15) is 4.39 Å². The quantitative estimate of drug-likeness (QED) is 0.807. The van der Waals surface area contributed by atoms with Crippen LogP contribution in [0.5, 0.6) is 0 Å². The molecule has 0 aliphatic heterocycles. The third kappa shape index (κ3) is 4.17. The number of benzene rings is 2. The third-order valence-electron chi connectivity index (χ3n) is 3.52. The lowest BCUT2D eigenvalue weighted by Gasteiger charge is -2.15. The van der Waals surface area contributed by atoms with Gasteiger partial charge in [-0.15, -0.1) is 0 Å². The van der Waals surface area contributed by atoms with E-state index in [0.29, 0.717) is 6.54 Å². The van der Waals surface area contributed by atoms with Crippen LogP contribution in [0.2, 0.25) is 0 Å². The normalized spacial score (nSPS) is 12.3. The van der Waals surface area contributed by atoms with E-state index in [-0.39, 0.29) is 11.9 Å². The van der Waals surface area contributed by atoms with Gasteiger partial charge in [-0.1, -0.05) is 49.7 Å². The summed E-state index contributed by atoms with van der Waals surface area (Å²) in [4.78, 5) is 0. The molecular formula is C18H22FN. The van der Waals surface area contributed by atoms with Gasteiger partial charge in [0, 0.05) is 12.6 Å². The summed E-state index contributed by atoms with van der Waals surface area (Å²) in [6, 6.07) is 15.7. The molecule has 20 heavy (non-hydrogen) atoms. The predicted molar refractivity (Wildman–Crippen MR) is 82.1 cm³/mol. The molecule has 0 aromatic heterocycles. The number of hydrogen-bond acceptors (Lipinski definition) is 1. The zero-order valence-electron chi connectivity index (χ0n) is 12.2. The molecule has 0 amide bonds. The Bertz CT molecular complexity index is 533. The summed E-state index contributed by atoms with van der Waals surface area (Å²) in [6.07, 6.45) is 2.30. The zero-order valence-corrected chi connectivity index (χ0v) is 12.2. The second kappa shape index (κ2) is 7.20. The Balaban J connectivity index is 1.92. The van der Waals surface area contributed by atoms with Crippen molar-refractivity contribution in [2.45, 2.75) is 39.3 Å². The number of nitrogens with one attached hydrogen (secondary N) is 1. The van der Waals surface area contributed by atoms with Crippen LogP contribution in [0.25, 0.3) is 0 Å². The molecule has 106 valence electrons. The van der Waals surface area contributed by atoms with E-state index in [1.165, 1.54) is 23.6 Å². The highest BCUT2D eigenvalue weighted by molar-refractivity contribution is 5.25. The van der Waals surface area contributed by atoms with Crippen LogP contribution in [0.15, 0.2) is 48.5 Å². The molecule has 0 aliphatic carbocycles. The molecule has 0 radical (unpaired) electrons. The van der Waals surface area contributed by atoms with Gasteiger partial charge in [0.25, 0.3) is 0 Å². The molecule has 2 heteroatoms. The van der Waals surface area contributed by atoms with Gasteiger partial charge in [-0.2, -0.15) is 0 Å². The van der Waals surface area contributed by atoms with Crippen LogP contribution in [-0.4, -0.2) is 0 Å². The molecule has 1 atom stereocenters. The minimum Gasteiger partial charge on any atom is -0.306 e. The van der Waals surface area contributed by atoms with E-state index in [4.69, 9.17) is 0 Å². The number of aryl methyl sites for hydroxylation is 1. The number of rotatable bonds is 6. The van der Waals surface area contributed by atoms with Crippen molar-refractivity contribution >= 4 is 0 Å². The van der Waals surface area contributed by atoms with E-state index in [1.807, 2.05) is 6.07 Å². The van der Waals surface area contributed by atoms with Crippen molar-refractivity contribution in [3.8, 4) is 0 Å². The van der Waals surface area contributed by atoms with Gasteiger partial charge in [-0.3, -0.25) is 0 Å². The maximum atomic E-state index is 13.1. The molecule has 0 bridgehead atoms. The van der Waals surface area contributed by atoms with E-state index in [0.717, 1.165) is 12.0 Å². The molecule has 0 saturated heterocycles. The van der Waals surface area contributed by atoms with Crippen molar-refractivity contribution in [2.24, 2.45) is 0 Å². The number of halogens is 1. The maximum Gasteiger partial charge on any atom is 0.123 e. The first kappa shape index (κ1) is 14.7. The summed E-state index contributed by atoms with van der Waals surface area (Å²) in [5, 5.41) is 3.43. The average Bonchev–Trinajstić information content (AvgIpc) is 2.46. The largest absolute Gasteiger partial charge is 0.306 e. The monoisotopic (exact) mass is 271 g/mol. The zero-order chi connectivity index (χ0) is 14.4. The minimum atomic E-state index is -0.180. The molecule has 0 fully saturated rings. The Morgan fingerprint density at radius 3 is 2.45 bits per heavy atom. The van der Waals surface area contributed by atoms with Gasteiger partial charge in [-0.25, -0.2) is 4.39 Å². The van der Waals surface area contributed by atoms with Gasteiger partial charge in [0.05, 0.1) is 0 Å². The SMILES string of the molecule is CCCc1ccc(C(C)NCc2cccc(F)c2)cc1. The molecule has 2 rings (SSSR count). The highest BCUT2D eigenvalue weighted by atomic mass is 19.1. The van der Waals surface area contributed by atoms with Crippen LogP contribution < -0.4 is 5.32 Å². The molecule has 0 aliphatic rings. The highest BCUT2D eigenvalue weighted by Crippen LogP contribution is 2.15. The van der Waals surface area contributed by atoms with Crippen LogP contribution in [0.1, 0.15) is 43.0 Å². The molecule has 1 N–H and O–H groups in total. The van der Waals surface area contributed by atoms with Gasteiger partial charge in [0.15, 0.2) is 0 Å².